The van der Waals surface area contributed by atoms with Crippen LogP contribution in [0.3, 0.4) is 0 Å². The Balaban J connectivity index is 1.87. The Labute approximate surface area is 121 Å². The number of aliphatic hydroxyl groups is 1. The van der Waals surface area contributed by atoms with E-state index in [1.807, 2.05) is 20.8 Å². The lowest BCUT2D eigenvalue weighted by atomic mass is 9.89. The van der Waals surface area contributed by atoms with E-state index in [1.54, 1.807) is 0 Å². The Kier molecular flexibility index (Phi) is 4.72. The molecule has 2 heterocycles. The summed E-state index contributed by atoms with van der Waals surface area (Å²) < 4.78 is 5.34. The minimum absolute atomic E-state index is 0.463. The highest BCUT2D eigenvalue weighted by Gasteiger charge is 2.43. The molecule has 5 nitrogen and oxygen atoms in total. The maximum Gasteiger partial charge on any atom is 0.338 e. The molecule has 0 atom stereocenters. The Morgan fingerprint density at radius 1 is 1.25 bits per heavy atom. The second kappa shape index (κ2) is 6.00. The molecular weight excluding hydrogens is 256 g/mol. The normalized spacial score (nSPS) is 25.4. The Morgan fingerprint density at radius 2 is 1.80 bits per heavy atom. The molecule has 0 bridgehead atoms. The molecule has 2 rings (SSSR count). The fraction of sp³-hybridized carbons (Fsp3) is 0.933. The number of piperidine rings is 2. The van der Waals surface area contributed by atoms with Crippen molar-refractivity contribution >= 4 is 5.97 Å². The molecule has 0 aromatic carbocycles. The number of rotatable bonds is 2. The molecule has 0 aliphatic carbocycles. The van der Waals surface area contributed by atoms with E-state index in [2.05, 4.69) is 10.2 Å². The van der Waals surface area contributed by atoms with E-state index in [0.717, 1.165) is 39.0 Å². The first-order valence-electron chi connectivity index (χ1n) is 7.71. The maximum atomic E-state index is 12.1. The lowest BCUT2D eigenvalue weighted by molar-refractivity contribution is -0.182. The van der Waals surface area contributed by atoms with Crippen LogP contribution in [0.2, 0.25) is 0 Å². The predicted octanol–water partition coefficient (Wildman–Crippen LogP) is 0.907. The van der Waals surface area contributed by atoms with Crippen molar-refractivity contribution in [3.63, 3.8) is 0 Å². The number of hydrogen-bond acceptors (Lipinski definition) is 5. The van der Waals surface area contributed by atoms with Gasteiger partial charge in [-0.15, -0.1) is 0 Å². The van der Waals surface area contributed by atoms with Gasteiger partial charge < -0.3 is 20.1 Å². The first-order chi connectivity index (χ1) is 9.30. The number of carbonyl (C=O) groups excluding carboxylic acids is 1. The van der Waals surface area contributed by atoms with Crippen molar-refractivity contribution in [1.82, 2.24) is 10.2 Å². The third-order valence-corrected chi connectivity index (χ3v) is 4.23. The van der Waals surface area contributed by atoms with Crippen LogP contribution in [0.5, 0.6) is 0 Å². The van der Waals surface area contributed by atoms with Crippen LogP contribution in [-0.4, -0.2) is 59.4 Å². The number of ether oxygens (including phenoxy) is 1. The molecular formula is C15H28N2O3. The molecule has 0 aromatic heterocycles. The zero-order valence-electron chi connectivity index (χ0n) is 12.9. The highest BCUT2D eigenvalue weighted by Crippen LogP contribution is 2.28. The Bertz CT molecular complexity index is 338. The first-order valence-corrected chi connectivity index (χ1v) is 7.71. The van der Waals surface area contributed by atoms with Crippen molar-refractivity contribution in [1.29, 1.82) is 0 Å². The van der Waals surface area contributed by atoms with Crippen LogP contribution in [0.4, 0.5) is 0 Å². The average molecular weight is 284 g/mol. The first kappa shape index (κ1) is 15.7. The van der Waals surface area contributed by atoms with Gasteiger partial charge in [0, 0.05) is 19.1 Å². The molecule has 2 aliphatic heterocycles. The van der Waals surface area contributed by atoms with Crippen LogP contribution >= 0.6 is 0 Å². The standard InChI is InChI=1S/C15H28N2O3/c1-14(2,3)20-13(18)15(19)6-10-17(11-7-15)12-4-8-16-9-5-12/h12,16,19H,4-11H2,1-3H3. The summed E-state index contributed by atoms with van der Waals surface area (Å²) >= 11 is 0. The Morgan fingerprint density at radius 3 is 2.30 bits per heavy atom. The summed E-state index contributed by atoms with van der Waals surface area (Å²) in [6.07, 6.45) is 3.27. The monoisotopic (exact) mass is 284 g/mol. The van der Waals surface area contributed by atoms with Gasteiger partial charge in [0.2, 0.25) is 0 Å². The minimum Gasteiger partial charge on any atom is -0.458 e. The van der Waals surface area contributed by atoms with Crippen molar-refractivity contribution in [2.24, 2.45) is 0 Å². The molecule has 0 unspecified atom stereocenters. The van der Waals surface area contributed by atoms with Crippen molar-refractivity contribution in [2.75, 3.05) is 26.2 Å². The van der Waals surface area contributed by atoms with Crippen molar-refractivity contribution < 1.29 is 14.6 Å². The second-order valence-electron chi connectivity index (χ2n) is 7.05. The van der Waals surface area contributed by atoms with Gasteiger partial charge in [-0.25, -0.2) is 4.79 Å². The van der Waals surface area contributed by atoms with Gasteiger partial charge in [-0.2, -0.15) is 0 Å². The van der Waals surface area contributed by atoms with E-state index in [-0.39, 0.29) is 0 Å². The van der Waals surface area contributed by atoms with Gasteiger partial charge in [0.25, 0.3) is 0 Å². The zero-order chi connectivity index (χ0) is 14.8. The third kappa shape index (κ3) is 3.93. The van der Waals surface area contributed by atoms with Crippen molar-refractivity contribution in [2.45, 2.75) is 63.7 Å². The van der Waals surface area contributed by atoms with Crippen LogP contribution in [0.1, 0.15) is 46.5 Å². The topological polar surface area (TPSA) is 61.8 Å². The molecule has 5 heteroatoms. The molecule has 0 saturated carbocycles. The lowest BCUT2D eigenvalue weighted by Gasteiger charge is -2.42. The fourth-order valence-corrected chi connectivity index (χ4v) is 3.01. The maximum absolute atomic E-state index is 12.1. The summed E-state index contributed by atoms with van der Waals surface area (Å²) in [6, 6.07) is 0.597. The van der Waals surface area contributed by atoms with Crippen LogP contribution in [-0.2, 0) is 9.53 Å². The predicted molar refractivity (Wildman–Crippen MR) is 77.5 cm³/mol. The third-order valence-electron chi connectivity index (χ3n) is 4.23. The van der Waals surface area contributed by atoms with E-state index in [1.165, 1.54) is 0 Å². The smallest absolute Gasteiger partial charge is 0.338 e. The minimum atomic E-state index is -1.29. The fourth-order valence-electron chi connectivity index (χ4n) is 3.01. The van der Waals surface area contributed by atoms with Crippen LogP contribution in [0.15, 0.2) is 0 Å². The molecule has 2 N–H and O–H groups in total. The zero-order valence-corrected chi connectivity index (χ0v) is 12.9. The van der Waals surface area contributed by atoms with Gasteiger partial charge in [0.1, 0.15) is 5.60 Å². The lowest BCUT2D eigenvalue weighted by Crippen LogP contribution is -2.54. The molecule has 0 spiro atoms. The van der Waals surface area contributed by atoms with Gasteiger partial charge in [-0.3, -0.25) is 0 Å². The SMILES string of the molecule is CC(C)(C)OC(=O)C1(O)CCN(C2CCNCC2)CC1. The molecule has 2 saturated heterocycles. The van der Waals surface area contributed by atoms with Crippen LogP contribution in [0.25, 0.3) is 0 Å². The largest absolute Gasteiger partial charge is 0.458 e. The highest BCUT2D eigenvalue weighted by molar-refractivity contribution is 5.79. The quantitative estimate of drug-likeness (QED) is 0.738. The number of nitrogens with zero attached hydrogens (tertiary/aromatic N) is 1. The van der Waals surface area contributed by atoms with Gasteiger partial charge in [-0.1, -0.05) is 0 Å². The summed E-state index contributed by atoms with van der Waals surface area (Å²) in [5, 5.41) is 13.9. The number of likely N-dealkylation sites (tertiary alicyclic amines) is 1. The average Bonchev–Trinajstić information content (AvgIpc) is 2.38. The summed E-state index contributed by atoms with van der Waals surface area (Å²) in [4.78, 5) is 14.5. The Hall–Kier alpha value is -0.650. The van der Waals surface area contributed by atoms with Gasteiger partial charge in [0.05, 0.1) is 0 Å². The number of carbonyl (C=O) groups is 1. The second-order valence-corrected chi connectivity index (χ2v) is 7.05. The molecule has 0 amide bonds. The molecule has 2 fully saturated rings. The highest BCUT2D eigenvalue weighted by atomic mass is 16.6. The van der Waals surface area contributed by atoms with Gasteiger partial charge in [0.15, 0.2) is 5.60 Å². The van der Waals surface area contributed by atoms with Crippen molar-refractivity contribution in [3.05, 3.63) is 0 Å². The van der Waals surface area contributed by atoms with Crippen LogP contribution < -0.4 is 5.32 Å². The number of hydrogen-bond donors (Lipinski definition) is 2. The summed E-state index contributed by atoms with van der Waals surface area (Å²) in [5.74, 6) is -0.463. The van der Waals surface area contributed by atoms with Gasteiger partial charge >= 0.3 is 5.97 Å². The van der Waals surface area contributed by atoms with Crippen LogP contribution in [0, 0.1) is 0 Å². The van der Waals surface area contributed by atoms with Gasteiger partial charge in [-0.05, 0) is 59.5 Å². The van der Waals surface area contributed by atoms with E-state index in [4.69, 9.17) is 4.74 Å². The number of nitrogens with one attached hydrogen (secondary N) is 1. The number of esters is 1. The van der Waals surface area contributed by atoms with E-state index < -0.39 is 17.2 Å². The van der Waals surface area contributed by atoms with E-state index in [0.29, 0.717) is 18.9 Å². The molecule has 0 aromatic rings. The van der Waals surface area contributed by atoms with E-state index in [9.17, 15) is 9.90 Å². The molecule has 20 heavy (non-hydrogen) atoms. The summed E-state index contributed by atoms with van der Waals surface area (Å²) in [5.41, 5.74) is -1.84. The molecule has 2 aliphatic rings. The van der Waals surface area contributed by atoms with Crippen molar-refractivity contribution in [3.8, 4) is 0 Å². The summed E-state index contributed by atoms with van der Waals surface area (Å²) in [6.45, 7) is 9.19. The molecule has 116 valence electrons. The molecule has 0 radical (unpaired) electrons. The summed E-state index contributed by atoms with van der Waals surface area (Å²) in [7, 11) is 0. The van der Waals surface area contributed by atoms with E-state index >= 15 is 0 Å².